The number of benzene rings is 1. The monoisotopic (exact) mass is 293 g/mol. The summed E-state index contributed by atoms with van der Waals surface area (Å²) >= 11 is 18.0. The number of nitrogens with zero attached hydrogens (tertiary/aromatic N) is 2. The Morgan fingerprint density at radius 2 is 2.06 bits per heavy atom. The first-order chi connectivity index (χ1) is 7.54. The zero-order valence-electron chi connectivity index (χ0n) is 7.82. The number of rotatable bonds is 2. The van der Waals surface area contributed by atoms with Gasteiger partial charge in [-0.3, -0.25) is 5.43 Å². The van der Waals surface area contributed by atoms with Crippen LogP contribution in [0.2, 0.25) is 0 Å². The second kappa shape index (κ2) is 4.75. The largest absolute Gasteiger partial charge is 0.253 e. The summed E-state index contributed by atoms with van der Waals surface area (Å²) in [5, 5.41) is 4.44. The molecule has 0 aliphatic carbocycles. The lowest BCUT2D eigenvalue weighted by Crippen LogP contribution is -2.04. The fourth-order valence-electron chi connectivity index (χ4n) is 1.08. The van der Waals surface area contributed by atoms with Gasteiger partial charge in [-0.2, -0.15) is 5.10 Å². The number of fused-ring (bicyclic) bond motifs is 1. The van der Waals surface area contributed by atoms with Crippen molar-refractivity contribution in [3.05, 3.63) is 24.3 Å². The number of halogens is 3. The average molecular weight is 295 g/mol. The maximum atomic E-state index is 5.50. The molecule has 1 N–H and O–H groups in total. The summed E-state index contributed by atoms with van der Waals surface area (Å²) in [5.74, 6) is 0. The maximum Gasteiger partial charge on any atom is 0.227 e. The zero-order valence-corrected chi connectivity index (χ0v) is 10.9. The molecule has 1 heterocycles. The van der Waals surface area contributed by atoms with Crippen LogP contribution >= 0.6 is 46.1 Å². The molecule has 1 aromatic carbocycles. The first kappa shape index (κ1) is 11.9. The van der Waals surface area contributed by atoms with Gasteiger partial charge in [0.2, 0.25) is 8.92 Å². The minimum Gasteiger partial charge on any atom is -0.253 e. The van der Waals surface area contributed by atoms with Gasteiger partial charge in [-0.05, 0) is 12.1 Å². The van der Waals surface area contributed by atoms with Gasteiger partial charge in [0.1, 0.15) is 0 Å². The molecule has 0 spiro atoms. The number of hydrazone groups is 1. The van der Waals surface area contributed by atoms with Gasteiger partial charge in [0.15, 0.2) is 0 Å². The van der Waals surface area contributed by atoms with Crippen LogP contribution in [0.25, 0.3) is 10.2 Å². The molecule has 1 aromatic heterocycles. The van der Waals surface area contributed by atoms with Crippen molar-refractivity contribution < 1.29 is 0 Å². The predicted molar refractivity (Wildman–Crippen MR) is 72.0 cm³/mol. The molecule has 0 atom stereocenters. The molecule has 7 heteroatoms. The molecule has 3 nitrogen and oxygen atoms in total. The van der Waals surface area contributed by atoms with Crippen molar-refractivity contribution in [2.45, 2.75) is 3.79 Å². The van der Waals surface area contributed by atoms with Crippen molar-refractivity contribution in [1.82, 2.24) is 4.98 Å². The van der Waals surface area contributed by atoms with Gasteiger partial charge < -0.3 is 0 Å². The molecule has 16 heavy (non-hydrogen) atoms. The van der Waals surface area contributed by atoms with Crippen LogP contribution in [-0.2, 0) is 0 Å². The minimum atomic E-state index is -1.50. The third-order valence-electron chi connectivity index (χ3n) is 1.67. The molecule has 0 fully saturated rings. The number of hydrogen-bond donors (Lipinski definition) is 1. The van der Waals surface area contributed by atoms with Crippen molar-refractivity contribution in [1.29, 1.82) is 0 Å². The summed E-state index contributed by atoms with van der Waals surface area (Å²) < 4.78 is -0.418. The van der Waals surface area contributed by atoms with Gasteiger partial charge in [0.25, 0.3) is 0 Å². The zero-order chi connectivity index (χ0) is 11.6. The topological polar surface area (TPSA) is 37.3 Å². The van der Waals surface area contributed by atoms with E-state index in [1.165, 1.54) is 17.6 Å². The number of alkyl halides is 3. The lowest BCUT2D eigenvalue weighted by molar-refractivity contribution is 1.30. The van der Waals surface area contributed by atoms with Gasteiger partial charge in [-0.15, -0.1) is 0 Å². The number of para-hydroxylation sites is 1. The molecule has 0 bridgehead atoms. The van der Waals surface area contributed by atoms with E-state index in [0.29, 0.717) is 5.13 Å². The smallest absolute Gasteiger partial charge is 0.227 e. The van der Waals surface area contributed by atoms with E-state index in [0.717, 1.165) is 10.2 Å². The molecule has 0 saturated carbocycles. The first-order valence-corrected chi connectivity index (χ1v) is 6.22. The summed E-state index contributed by atoms with van der Waals surface area (Å²) in [6.45, 7) is 0. The first-order valence-electron chi connectivity index (χ1n) is 4.27. The Bertz CT molecular complexity index is 485. The molecule has 0 radical (unpaired) electrons. The SMILES string of the molecule is ClC(Cl)(Cl)/C=N\Nc1nc2ccccc2s1. The third-order valence-corrected chi connectivity index (χ3v) is 2.90. The highest BCUT2D eigenvalue weighted by Crippen LogP contribution is 2.26. The van der Waals surface area contributed by atoms with E-state index in [1.807, 2.05) is 24.3 Å². The Labute approximate surface area is 111 Å². The molecule has 0 unspecified atom stereocenters. The van der Waals surface area contributed by atoms with Crippen LogP contribution in [0.5, 0.6) is 0 Å². The van der Waals surface area contributed by atoms with Crippen LogP contribution in [-0.4, -0.2) is 15.0 Å². The van der Waals surface area contributed by atoms with Crippen molar-refractivity contribution in [2.24, 2.45) is 5.10 Å². The van der Waals surface area contributed by atoms with Crippen LogP contribution in [0, 0.1) is 0 Å². The summed E-state index contributed by atoms with van der Waals surface area (Å²) in [7, 11) is 0. The van der Waals surface area contributed by atoms with Gasteiger partial charge in [0, 0.05) is 0 Å². The van der Waals surface area contributed by atoms with Gasteiger partial charge in [0.05, 0.1) is 16.4 Å². The molecule has 2 aromatic rings. The van der Waals surface area contributed by atoms with E-state index in [4.69, 9.17) is 34.8 Å². The van der Waals surface area contributed by atoms with Crippen LogP contribution in [0.1, 0.15) is 0 Å². The maximum absolute atomic E-state index is 5.50. The molecule has 0 aliphatic heterocycles. The molecular formula is C9H6Cl3N3S. The van der Waals surface area contributed by atoms with Crippen molar-refractivity contribution in [3.63, 3.8) is 0 Å². The standard InChI is InChI=1S/C9H6Cl3N3S/c10-9(11,12)5-13-15-8-14-6-3-1-2-4-7(6)16-8/h1-5H,(H,14,15)/b13-5-. The van der Waals surface area contributed by atoms with E-state index in [9.17, 15) is 0 Å². The molecule has 0 amide bonds. The van der Waals surface area contributed by atoms with E-state index in [-0.39, 0.29) is 0 Å². The molecule has 0 aliphatic rings. The Kier molecular flexibility index (Phi) is 3.54. The van der Waals surface area contributed by atoms with E-state index in [2.05, 4.69) is 15.5 Å². The lowest BCUT2D eigenvalue weighted by Gasteiger charge is -2.00. The second-order valence-corrected chi connectivity index (χ2v) is 6.30. The fraction of sp³-hybridized carbons (Fsp3) is 0.111. The molecule has 84 valence electrons. The normalized spacial score (nSPS) is 12.4. The van der Waals surface area contributed by atoms with Crippen LogP contribution < -0.4 is 5.43 Å². The van der Waals surface area contributed by atoms with Gasteiger partial charge in [-0.25, -0.2) is 4.98 Å². The number of hydrogen-bond acceptors (Lipinski definition) is 4. The highest BCUT2D eigenvalue weighted by atomic mass is 35.6. The highest BCUT2D eigenvalue weighted by molar-refractivity contribution is 7.22. The third kappa shape index (κ3) is 3.22. The van der Waals surface area contributed by atoms with E-state index in [1.54, 1.807) is 0 Å². The number of aromatic nitrogens is 1. The summed E-state index contributed by atoms with van der Waals surface area (Å²) in [4.78, 5) is 4.30. The average Bonchev–Trinajstić information content (AvgIpc) is 2.57. The minimum absolute atomic E-state index is 0.659. The van der Waals surface area contributed by atoms with Crippen molar-refractivity contribution in [3.8, 4) is 0 Å². The highest BCUT2D eigenvalue weighted by Gasteiger charge is 2.15. The number of nitrogens with one attached hydrogen (secondary N) is 1. The van der Waals surface area contributed by atoms with E-state index < -0.39 is 3.79 Å². The Morgan fingerprint density at radius 3 is 2.75 bits per heavy atom. The number of anilines is 1. The van der Waals surface area contributed by atoms with Gasteiger partial charge in [-0.1, -0.05) is 58.3 Å². The van der Waals surface area contributed by atoms with Crippen molar-refractivity contribution >= 4 is 67.7 Å². The summed E-state index contributed by atoms with van der Waals surface area (Å²) in [6, 6.07) is 7.79. The van der Waals surface area contributed by atoms with Crippen LogP contribution in [0.4, 0.5) is 5.13 Å². The van der Waals surface area contributed by atoms with Crippen LogP contribution in [0.15, 0.2) is 29.4 Å². The Hall–Kier alpha value is -0.550. The van der Waals surface area contributed by atoms with Gasteiger partial charge >= 0.3 is 0 Å². The lowest BCUT2D eigenvalue weighted by atomic mass is 10.3. The van der Waals surface area contributed by atoms with E-state index >= 15 is 0 Å². The molecule has 2 rings (SSSR count). The summed E-state index contributed by atoms with van der Waals surface area (Å²) in [6.07, 6.45) is 1.18. The fourth-order valence-corrected chi connectivity index (χ4v) is 2.04. The molecule has 0 saturated heterocycles. The summed E-state index contributed by atoms with van der Waals surface area (Å²) in [5.41, 5.74) is 3.63. The van der Waals surface area contributed by atoms with Crippen LogP contribution in [0.3, 0.4) is 0 Å². The molecular weight excluding hydrogens is 289 g/mol. The Morgan fingerprint density at radius 1 is 1.31 bits per heavy atom. The predicted octanol–water partition coefficient (Wildman–Crippen LogP) is 4.06. The van der Waals surface area contributed by atoms with Crippen molar-refractivity contribution in [2.75, 3.05) is 5.43 Å². The second-order valence-electron chi connectivity index (χ2n) is 2.90. The number of thiazole rings is 1. The quantitative estimate of drug-likeness (QED) is 0.515. The Balaban J connectivity index is 2.13.